The molecule has 0 atom stereocenters. The van der Waals surface area contributed by atoms with Crippen LogP contribution in [0.5, 0.6) is 0 Å². The molecule has 1 aromatic heterocycles. The first-order valence-corrected chi connectivity index (χ1v) is 5.86. The van der Waals surface area contributed by atoms with E-state index in [0.717, 1.165) is 11.3 Å². The Bertz CT molecular complexity index is 543. The highest BCUT2D eigenvalue weighted by Crippen LogP contribution is 2.16. The average molecular weight is 257 g/mol. The Morgan fingerprint density at radius 3 is 2.84 bits per heavy atom. The van der Waals surface area contributed by atoms with E-state index >= 15 is 0 Å². The molecule has 0 spiro atoms. The summed E-state index contributed by atoms with van der Waals surface area (Å²) in [4.78, 5) is 15.2. The van der Waals surface area contributed by atoms with Crippen LogP contribution in [0.2, 0.25) is 0 Å². The Hall–Kier alpha value is -2.56. The lowest BCUT2D eigenvalue weighted by molar-refractivity contribution is 0.187. The van der Waals surface area contributed by atoms with Gasteiger partial charge in [-0.25, -0.2) is 4.79 Å². The van der Waals surface area contributed by atoms with Gasteiger partial charge in [0.15, 0.2) is 0 Å². The van der Waals surface area contributed by atoms with Crippen molar-refractivity contribution in [2.75, 3.05) is 17.7 Å². The largest absolute Gasteiger partial charge is 0.453 e. The topological polar surface area (TPSA) is 63.2 Å². The molecule has 0 radical (unpaired) electrons. The molecular weight excluding hydrogens is 242 g/mol. The number of methoxy groups -OCH3 is 1. The molecule has 1 aromatic carbocycles. The fraction of sp³-hybridized carbons (Fsp3) is 0.143. The zero-order valence-corrected chi connectivity index (χ0v) is 10.6. The monoisotopic (exact) mass is 257 g/mol. The molecule has 1 amide bonds. The predicted molar refractivity (Wildman–Crippen MR) is 74.0 cm³/mol. The molecular formula is C14H15N3O2. The van der Waals surface area contributed by atoms with Crippen LogP contribution in [0.3, 0.4) is 0 Å². The molecule has 1 heterocycles. The highest BCUT2D eigenvalue weighted by molar-refractivity contribution is 5.85. The Labute approximate surface area is 111 Å². The summed E-state index contributed by atoms with van der Waals surface area (Å²) in [6, 6.07) is 11.3. The average Bonchev–Trinajstić information content (AvgIpc) is 2.46. The standard InChI is InChI=1S/C14H15N3O2/c1-19-14(18)17-13-6-2-5-12(8-13)16-10-11-4-3-7-15-9-11/h2-9,16H,10H2,1H3,(H,17,18). The second-order valence-corrected chi connectivity index (χ2v) is 3.91. The Morgan fingerprint density at radius 2 is 2.11 bits per heavy atom. The first-order chi connectivity index (χ1) is 9.28. The van der Waals surface area contributed by atoms with Gasteiger partial charge in [0.2, 0.25) is 0 Å². The van der Waals surface area contributed by atoms with E-state index in [1.54, 1.807) is 12.3 Å². The second-order valence-electron chi connectivity index (χ2n) is 3.91. The van der Waals surface area contributed by atoms with Gasteiger partial charge in [0.25, 0.3) is 0 Å². The van der Waals surface area contributed by atoms with Crippen molar-refractivity contribution in [3.8, 4) is 0 Å². The molecule has 19 heavy (non-hydrogen) atoms. The SMILES string of the molecule is COC(=O)Nc1cccc(NCc2cccnc2)c1. The molecule has 98 valence electrons. The number of nitrogens with one attached hydrogen (secondary N) is 2. The van der Waals surface area contributed by atoms with Crippen molar-refractivity contribution in [1.29, 1.82) is 0 Å². The molecule has 5 nitrogen and oxygen atoms in total. The molecule has 2 aromatic rings. The molecule has 2 N–H and O–H groups in total. The number of anilines is 2. The van der Waals surface area contributed by atoms with E-state index < -0.39 is 6.09 Å². The Kier molecular flexibility index (Phi) is 4.34. The molecule has 5 heteroatoms. The molecule has 0 saturated carbocycles. The van der Waals surface area contributed by atoms with Crippen molar-refractivity contribution in [2.45, 2.75) is 6.54 Å². The molecule has 0 aliphatic carbocycles. The zero-order chi connectivity index (χ0) is 13.5. The van der Waals surface area contributed by atoms with Gasteiger partial charge in [-0.05, 0) is 29.8 Å². The van der Waals surface area contributed by atoms with E-state index in [0.29, 0.717) is 12.2 Å². The van der Waals surface area contributed by atoms with Crippen LogP contribution in [-0.2, 0) is 11.3 Å². The van der Waals surface area contributed by atoms with Crippen molar-refractivity contribution < 1.29 is 9.53 Å². The molecule has 0 aliphatic heterocycles. The first-order valence-electron chi connectivity index (χ1n) is 5.86. The number of ether oxygens (including phenoxy) is 1. The van der Waals surface area contributed by atoms with Crippen molar-refractivity contribution in [2.24, 2.45) is 0 Å². The van der Waals surface area contributed by atoms with Crippen molar-refractivity contribution in [3.63, 3.8) is 0 Å². The van der Waals surface area contributed by atoms with Gasteiger partial charge in [0, 0.05) is 30.3 Å². The number of hydrogen-bond donors (Lipinski definition) is 2. The minimum absolute atomic E-state index is 0.482. The molecule has 0 bridgehead atoms. The second kappa shape index (κ2) is 6.39. The number of rotatable bonds is 4. The van der Waals surface area contributed by atoms with Crippen molar-refractivity contribution >= 4 is 17.5 Å². The Balaban J connectivity index is 1.97. The van der Waals surface area contributed by atoms with Gasteiger partial charge in [0.1, 0.15) is 0 Å². The predicted octanol–water partition coefficient (Wildman–Crippen LogP) is 2.87. The van der Waals surface area contributed by atoms with E-state index in [9.17, 15) is 4.79 Å². The van der Waals surface area contributed by atoms with Gasteiger partial charge in [-0.3, -0.25) is 10.3 Å². The summed E-state index contributed by atoms with van der Waals surface area (Å²) in [7, 11) is 1.33. The number of amides is 1. The van der Waals surface area contributed by atoms with Gasteiger partial charge in [-0.2, -0.15) is 0 Å². The van der Waals surface area contributed by atoms with E-state index in [-0.39, 0.29) is 0 Å². The lowest BCUT2D eigenvalue weighted by Gasteiger charge is -2.09. The summed E-state index contributed by atoms with van der Waals surface area (Å²) in [6.07, 6.45) is 3.07. The minimum atomic E-state index is -0.482. The van der Waals surface area contributed by atoms with Gasteiger partial charge in [0.05, 0.1) is 7.11 Å². The molecule has 0 fully saturated rings. The lowest BCUT2D eigenvalue weighted by Crippen LogP contribution is -2.11. The smallest absolute Gasteiger partial charge is 0.411 e. The lowest BCUT2D eigenvalue weighted by atomic mass is 10.2. The maximum atomic E-state index is 11.1. The van der Waals surface area contributed by atoms with E-state index in [1.165, 1.54) is 7.11 Å². The number of hydrogen-bond acceptors (Lipinski definition) is 4. The van der Waals surface area contributed by atoms with E-state index in [1.807, 2.05) is 36.5 Å². The summed E-state index contributed by atoms with van der Waals surface area (Å²) in [5.41, 5.74) is 2.69. The van der Waals surface area contributed by atoms with E-state index in [2.05, 4.69) is 20.4 Å². The van der Waals surface area contributed by atoms with Crippen LogP contribution in [0.25, 0.3) is 0 Å². The number of benzene rings is 1. The highest BCUT2D eigenvalue weighted by atomic mass is 16.5. The number of aromatic nitrogens is 1. The maximum Gasteiger partial charge on any atom is 0.411 e. The van der Waals surface area contributed by atoms with Gasteiger partial charge < -0.3 is 10.1 Å². The van der Waals surface area contributed by atoms with Crippen LogP contribution in [-0.4, -0.2) is 18.2 Å². The summed E-state index contributed by atoms with van der Waals surface area (Å²) < 4.78 is 4.54. The molecule has 0 aliphatic rings. The molecule has 0 unspecified atom stereocenters. The minimum Gasteiger partial charge on any atom is -0.453 e. The van der Waals surface area contributed by atoms with Gasteiger partial charge >= 0.3 is 6.09 Å². The number of carbonyl (C=O) groups is 1. The zero-order valence-electron chi connectivity index (χ0n) is 10.6. The van der Waals surface area contributed by atoms with Crippen LogP contribution < -0.4 is 10.6 Å². The van der Waals surface area contributed by atoms with Crippen LogP contribution in [0.15, 0.2) is 48.8 Å². The van der Waals surface area contributed by atoms with Crippen molar-refractivity contribution in [1.82, 2.24) is 4.98 Å². The third-order valence-electron chi connectivity index (χ3n) is 2.51. The fourth-order valence-corrected chi connectivity index (χ4v) is 1.58. The summed E-state index contributed by atoms with van der Waals surface area (Å²) in [6.45, 7) is 0.676. The van der Waals surface area contributed by atoms with Gasteiger partial charge in [-0.1, -0.05) is 12.1 Å². The first kappa shape index (κ1) is 12.9. The van der Waals surface area contributed by atoms with Gasteiger partial charge in [-0.15, -0.1) is 0 Å². The molecule has 0 saturated heterocycles. The molecule has 2 rings (SSSR count). The summed E-state index contributed by atoms with van der Waals surface area (Å²) in [5, 5.41) is 5.88. The quantitative estimate of drug-likeness (QED) is 0.884. The number of carbonyl (C=O) groups excluding carboxylic acids is 1. The van der Waals surface area contributed by atoms with Crippen LogP contribution in [0.4, 0.5) is 16.2 Å². The summed E-state index contributed by atoms with van der Waals surface area (Å²) in [5.74, 6) is 0. The van der Waals surface area contributed by atoms with Crippen LogP contribution >= 0.6 is 0 Å². The fourth-order valence-electron chi connectivity index (χ4n) is 1.58. The highest BCUT2D eigenvalue weighted by Gasteiger charge is 2.01. The van der Waals surface area contributed by atoms with Crippen LogP contribution in [0, 0.1) is 0 Å². The summed E-state index contributed by atoms with van der Waals surface area (Å²) >= 11 is 0. The third-order valence-corrected chi connectivity index (χ3v) is 2.51. The normalized spacial score (nSPS) is 9.74. The Morgan fingerprint density at radius 1 is 1.26 bits per heavy atom. The van der Waals surface area contributed by atoms with E-state index in [4.69, 9.17) is 0 Å². The maximum absolute atomic E-state index is 11.1. The third kappa shape index (κ3) is 3.99. The number of pyridine rings is 1. The van der Waals surface area contributed by atoms with Crippen LogP contribution in [0.1, 0.15) is 5.56 Å². The number of nitrogens with zero attached hydrogens (tertiary/aromatic N) is 1. The van der Waals surface area contributed by atoms with Crippen molar-refractivity contribution in [3.05, 3.63) is 54.4 Å².